The van der Waals surface area contributed by atoms with Crippen LogP contribution in [0.4, 0.5) is 11.4 Å². The van der Waals surface area contributed by atoms with Crippen molar-refractivity contribution in [2.45, 2.75) is 13.8 Å². The van der Waals surface area contributed by atoms with E-state index in [1.807, 2.05) is 30.3 Å². The molecule has 2 aromatic carbocycles. The second kappa shape index (κ2) is 4.89. The number of fused-ring (bicyclic) bond motifs is 1. The van der Waals surface area contributed by atoms with Crippen molar-refractivity contribution in [3.63, 3.8) is 0 Å². The molecule has 3 rings (SSSR count). The number of rotatable bonds is 1. The second-order valence-corrected chi connectivity index (χ2v) is 5.40. The van der Waals surface area contributed by atoms with Crippen molar-refractivity contribution in [3.05, 3.63) is 59.2 Å². The first-order valence-corrected chi connectivity index (χ1v) is 6.94. The summed E-state index contributed by atoms with van der Waals surface area (Å²) in [5.41, 5.74) is 5.47. The molecule has 0 fully saturated rings. The van der Waals surface area contributed by atoms with E-state index < -0.39 is 0 Å². The predicted octanol–water partition coefficient (Wildman–Crippen LogP) is 3.78. The van der Waals surface area contributed by atoms with Gasteiger partial charge in [0.05, 0.1) is 5.69 Å². The zero-order valence-electron chi connectivity index (χ0n) is 11.5. The average molecular weight is 284 g/mol. The van der Waals surface area contributed by atoms with E-state index >= 15 is 0 Å². The molecule has 0 bridgehead atoms. The smallest absolute Gasteiger partial charge is 0.138 e. The van der Waals surface area contributed by atoms with Crippen molar-refractivity contribution >= 4 is 28.6 Å². The van der Waals surface area contributed by atoms with Gasteiger partial charge in [0, 0.05) is 11.3 Å². The van der Waals surface area contributed by atoms with E-state index in [0.29, 0.717) is 11.7 Å². The molecule has 3 nitrogen and oxygen atoms in total. The quantitative estimate of drug-likeness (QED) is 0.806. The Morgan fingerprint density at radius 3 is 2.50 bits per heavy atom. The van der Waals surface area contributed by atoms with Gasteiger partial charge in [0.15, 0.2) is 0 Å². The van der Waals surface area contributed by atoms with Gasteiger partial charge in [0.25, 0.3) is 0 Å². The SMILES string of the molecule is Cc1cccc(N2CN(O)C(=S)c3ccccc32)c1C. The van der Waals surface area contributed by atoms with E-state index in [4.69, 9.17) is 12.2 Å². The predicted molar refractivity (Wildman–Crippen MR) is 84.7 cm³/mol. The first-order valence-electron chi connectivity index (χ1n) is 6.53. The normalized spacial score (nSPS) is 14.4. The monoisotopic (exact) mass is 284 g/mol. The Hall–Kier alpha value is -1.91. The number of hydroxylamine groups is 2. The van der Waals surface area contributed by atoms with Crippen LogP contribution in [0.5, 0.6) is 0 Å². The number of para-hydroxylation sites is 1. The molecule has 0 amide bonds. The fourth-order valence-electron chi connectivity index (χ4n) is 2.54. The molecule has 1 heterocycles. The maximum Gasteiger partial charge on any atom is 0.138 e. The van der Waals surface area contributed by atoms with Crippen LogP contribution in [0.3, 0.4) is 0 Å². The van der Waals surface area contributed by atoms with Crippen LogP contribution in [0.2, 0.25) is 0 Å². The molecule has 4 heteroatoms. The number of hydrogen-bond donors (Lipinski definition) is 1. The number of benzene rings is 2. The molecule has 0 saturated heterocycles. The van der Waals surface area contributed by atoms with Crippen molar-refractivity contribution in [1.29, 1.82) is 0 Å². The topological polar surface area (TPSA) is 26.7 Å². The Bertz CT molecular complexity index is 684. The summed E-state index contributed by atoms with van der Waals surface area (Å²) in [4.78, 5) is 2.56. The summed E-state index contributed by atoms with van der Waals surface area (Å²) in [5, 5.41) is 11.2. The minimum Gasteiger partial charge on any atom is -0.320 e. The van der Waals surface area contributed by atoms with Gasteiger partial charge in [-0.25, -0.2) is 5.06 Å². The van der Waals surface area contributed by atoms with Crippen LogP contribution in [0.1, 0.15) is 16.7 Å². The highest BCUT2D eigenvalue weighted by Crippen LogP contribution is 2.35. The van der Waals surface area contributed by atoms with Crippen LogP contribution in [0, 0.1) is 13.8 Å². The standard InChI is InChI=1S/C16H16N2OS/c1-11-6-5-9-14(12(11)2)17-10-18(19)16(20)13-7-3-4-8-15(13)17/h3-9,19H,10H2,1-2H3. The Balaban J connectivity index is 2.18. The first-order chi connectivity index (χ1) is 9.59. The molecular weight excluding hydrogens is 268 g/mol. The molecule has 2 aromatic rings. The van der Waals surface area contributed by atoms with Crippen LogP contribution in [0.25, 0.3) is 0 Å². The van der Waals surface area contributed by atoms with Gasteiger partial charge in [-0.3, -0.25) is 5.21 Å². The lowest BCUT2D eigenvalue weighted by molar-refractivity contribution is -0.0101. The van der Waals surface area contributed by atoms with Gasteiger partial charge in [-0.1, -0.05) is 36.5 Å². The number of hydrogen-bond acceptors (Lipinski definition) is 3. The summed E-state index contributed by atoms with van der Waals surface area (Å²) in [6.45, 7) is 4.54. The third kappa shape index (κ3) is 1.97. The summed E-state index contributed by atoms with van der Waals surface area (Å²) in [6, 6.07) is 14.1. The Morgan fingerprint density at radius 1 is 1.00 bits per heavy atom. The zero-order chi connectivity index (χ0) is 14.3. The molecule has 0 unspecified atom stereocenters. The lowest BCUT2D eigenvalue weighted by atomic mass is 10.0. The van der Waals surface area contributed by atoms with Gasteiger partial charge in [0.1, 0.15) is 11.7 Å². The number of aryl methyl sites for hydroxylation is 1. The third-order valence-corrected chi connectivity index (χ3v) is 4.23. The highest BCUT2D eigenvalue weighted by Gasteiger charge is 2.26. The maximum atomic E-state index is 10.1. The molecule has 20 heavy (non-hydrogen) atoms. The largest absolute Gasteiger partial charge is 0.320 e. The third-order valence-electron chi connectivity index (χ3n) is 3.80. The molecule has 1 aliphatic heterocycles. The fraction of sp³-hybridized carbons (Fsp3) is 0.188. The molecular formula is C16H16N2OS. The summed E-state index contributed by atoms with van der Waals surface area (Å²) in [7, 11) is 0. The van der Waals surface area contributed by atoms with Crippen LogP contribution in [0.15, 0.2) is 42.5 Å². The summed E-state index contributed by atoms with van der Waals surface area (Å²) >= 11 is 5.29. The Morgan fingerprint density at radius 2 is 1.70 bits per heavy atom. The van der Waals surface area contributed by atoms with Crippen molar-refractivity contribution in [2.24, 2.45) is 0 Å². The second-order valence-electron chi connectivity index (χ2n) is 5.01. The summed E-state index contributed by atoms with van der Waals surface area (Å²) in [5.74, 6) is 0. The minimum atomic E-state index is 0.347. The molecule has 1 N–H and O–H groups in total. The fourth-order valence-corrected chi connectivity index (χ4v) is 2.77. The lowest BCUT2D eigenvalue weighted by Crippen LogP contribution is -2.42. The summed E-state index contributed by atoms with van der Waals surface area (Å²) in [6.07, 6.45) is 0. The molecule has 0 atom stereocenters. The zero-order valence-corrected chi connectivity index (χ0v) is 12.3. The van der Waals surface area contributed by atoms with Gasteiger partial charge < -0.3 is 4.90 Å². The molecule has 0 aliphatic carbocycles. The van der Waals surface area contributed by atoms with Crippen molar-refractivity contribution in [1.82, 2.24) is 5.06 Å². The van der Waals surface area contributed by atoms with E-state index in [0.717, 1.165) is 22.0 Å². The molecule has 102 valence electrons. The maximum absolute atomic E-state index is 10.1. The van der Waals surface area contributed by atoms with Crippen LogP contribution < -0.4 is 4.90 Å². The molecule has 0 spiro atoms. The Kier molecular flexibility index (Phi) is 3.20. The van der Waals surface area contributed by atoms with Gasteiger partial charge in [-0.15, -0.1) is 0 Å². The van der Waals surface area contributed by atoms with E-state index in [9.17, 15) is 5.21 Å². The first kappa shape index (κ1) is 13.1. The van der Waals surface area contributed by atoms with Crippen LogP contribution >= 0.6 is 12.2 Å². The highest BCUT2D eigenvalue weighted by molar-refractivity contribution is 7.80. The van der Waals surface area contributed by atoms with E-state index in [1.54, 1.807) is 0 Å². The Labute approximate surface area is 124 Å². The molecule has 0 saturated carbocycles. The average Bonchev–Trinajstić information content (AvgIpc) is 2.46. The highest BCUT2D eigenvalue weighted by atomic mass is 32.1. The van der Waals surface area contributed by atoms with Crippen LogP contribution in [-0.2, 0) is 0 Å². The van der Waals surface area contributed by atoms with Crippen molar-refractivity contribution < 1.29 is 5.21 Å². The number of nitrogens with zero attached hydrogens (tertiary/aromatic N) is 2. The molecule has 1 aliphatic rings. The van der Waals surface area contributed by atoms with Crippen molar-refractivity contribution in [3.8, 4) is 0 Å². The van der Waals surface area contributed by atoms with E-state index in [1.165, 1.54) is 11.1 Å². The summed E-state index contributed by atoms with van der Waals surface area (Å²) < 4.78 is 0. The van der Waals surface area contributed by atoms with E-state index in [-0.39, 0.29) is 0 Å². The van der Waals surface area contributed by atoms with Gasteiger partial charge in [-0.05, 0) is 43.2 Å². The number of thiocarbonyl (C=S) groups is 1. The van der Waals surface area contributed by atoms with Crippen LogP contribution in [-0.4, -0.2) is 21.9 Å². The van der Waals surface area contributed by atoms with Gasteiger partial charge >= 0.3 is 0 Å². The lowest BCUT2D eigenvalue weighted by Gasteiger charge is -2.37. The molecule has 0 aromatic heterocycles. The van der Waals surface area contributed by atoms with Crippen molar-refractivity contribution in [2.75, 3.05) is 11.6 Å². The number of anilines is 2. The van der Waals surface area contributed by atoms with Gasteiger partial charge in [0.2, 0.25) is 0 Å². The molecule has 0 radical (unpaired) electrons. The van der Waals surface area contributed by atoms with E-state index in [2.05, 4.69) is 30.9 Å². The van der Waals surface area contributed by atoms with Gasteiger partial charge in [-0.2, -0.15) is 0 Å². The minimum absolute atomic E-state index is 0.347.